The van der Waals surface area contributed by atoms with Crippen LogP contribution in [0.1, 0.15) is 33.1 Å². The molecular weight excluding hydrogens is 252 g/mol. The van der Waals surface area contributed by atoms with Crippen molar-refractivity contribution in [2.24, 2.45) is 5.92 Å². The zero-order chi connectivity index (χ0) is 14.0. The maximum Gasteiger partial charge on any atom is 0.0720 e. The van der Waals surface area contributed by atoms with E-state index in [0.29, 0.717) is 11.6 Å². The first-order chi connectivity index (χ1) is 9.71. The molecule has 3 aliphatic heterocycles. The summed E-state index contributed by atoms with van der Waals surface area (Å²) in [6, 6.07) is 0. The highest BCUT2D eigenvalue weighted by molar-refractivity contribution is 5.05. The lowest BCUT2D eigenvalue weighted by Gasteiger charge is -2.35. The molecule has 0 amide bonds. The van der Waals surface area contributed by atoms with E-state index in [4.69, 9.17) is 9.47 Å². The van der Waals surface area contributed by atoms with Crippen LogP contribution in [0.5, 0.6) is 0 Å². The van der Waals surface area contributed by atoms with Gasteiger partial charge in [0.05, 0.1) is 25.9 Å². The summed E-state index contributed by atoms with van der Waals surface area (Å²) in [5.74, 6) is 0.748. The number of fused-ring (bicyclic) bond motifs is 1. The van der Waals surface area contributed by atoms with E-state index in [1.165, 1.54) is 25.8 Å². The van der Waals surface area contributed by atoms with E-state index in [9.17, 15) is 0 Å². The van der Waals surface area contributed by atoms with Crippen LogP contribution in [0.15, 0.2) is 0 Å². The van der Waals surface area contributed by atoms with Crippen molar-refractivity contribution in [2.45, 2.75) is 44.8 Å². The highest BCUT2D eigenvalue weighted by Crippen LogP contribution is 2.44. The molecule has 0 aliphatic carbocycles. The predicted molar refractivity (Wildman–Crippen MR) is 80.0 cm³/mol. The third-order valence-electron chi connectivity index (χ3n) is 5.61. The van der Waals surface area contributed by atoms with E-state index in [2.05, 4.69) is 23.6 Å². The fraction of sp³-hybridized carbons (Fsp3) is 1.00. The fourth-order valence-electron chi connectivity index (χ4n) is 4.34. The first-order valence-electron chi connectivity index (χ1n) is 8.37. The van der Waals surface area contributed by atoms with Gasteiger partial charge in [-0.1, -0.05) is 13.8 Å². The average Bonchev–Trinajstić information content (AvgIpc) is 2.97. The van der Waals surface area contributed by atoms with Crippen molar-refractivity contribution in [3.05, 3.63) is 0 Å². The minimum atomic E-state index is 0.448. The molecule has 0 aromatic heterocycles. The Kier molecular flexibility index (Phi) is 4.65. The average molecular weight is 282 g/mol. The molecular formula is C16H30N2O2. The van der Waals surface area contributed by atoms with Crippen LogP contribution >= 0.6 is 0 Å². The summed E-state index contributed by atoms with van der Waals surface area (Å²) in [6.45, 7) is 13.0. The van der Waals surface area contributed by atoms with Crippen LogP contribution in [0.4, 0.5) is 0 Å². The Balaban J connectivity index is 1.43. The summed E-state index contributed by atoms with van der Waals surface area (Å²) in [4.78, 5) is 5.16. The molecule has 3 aliphatic rings. The lowest BCUT2D eigenvalue weighted by atomic mass is 9.82. The standard InChI is InChI=1S/C16H30N2O2/c1-14(2)16-4-3-5-18(16)13-15(12-16)20-11-8-17-6-9-19-10-7-17/h14-15H,3-13H2,1-2H3. The molecule has 0 aromatic rings. The Morgan fingerprint density at radius 1 is 1.25 bits per heavy atom. The van der Waals surface area contributed by atoms with Crippen LogP contribution in [0.25, 0.3) is 0 Å². The van der Waals surface area contributed by atoms with Gasteiger partial charge in [-0.15, -0.1) is 0 Å². The van der Waals surface area contributed by atoms with Crippen LogP contribution < -0.4 is 0 Å². The van der Waals surface area contributed by atoms with Crippen LogP contribution in [0.3, 0.4) is 0 Å². The van der Waals surface area contributed by atoms with Gasteiger partial charge in [-0.25, -0.2) is 0 Å². The Bertz CT molecular complexity index is 318. The summed E-state index contributed by atoms with van der Waals surface area (Å²) in [5.41, 5.74) is 0.448. The van der Waals surface area contributed by atoms with Crippen molar-refractivity contribution in [2.75, 3.05) is 52.5 Å². The lowest BCUT2D eigenvalue weighted by molar-refractivity contribution is 0.00333. The maximum atomic E-state index is 6.19. The van der Waals surface area contributed by atoms with Crippen molar-refractivity contribution < 1.29 is 9.47 Å². The quantitative estimate of drug-likeness (QED) is 0.765. The smallest absolute Gasteiger partial charge is 0.0720 e. The molecule has 4 nitrogen and oxygen atoms in total. The van der Waals surface area contributed by atoms with Gasteiger partial charge in [-0.2, -0.15) is 0 Å². The molecule has 2 atom stereocenters. The van der Waals surface area contributed by atoms with Crippen LogP contribution in [-0.2, 0) is 9.47 Å². The number of hydrogen-bond acceptors (Lipinski definition) is 4. The van der Waals surface area contributed by atoms with Crippen LogP contribution in [0.2, 0.25) is 0 Å². The summed E-state index contributed by atoms with van der Waals surface area (Å²) in [6.07, 6.45) is 4.44. The Morgan fingerprint density at radius 2 is 2.05 bits per heavy atom. The first-order valence-corrected chi connectivity index (χ1v) is 8.37. The topological polar surface area (TPSA) is 24.9 Å². The SMILES string of the molecule is CC(C)C12CCCN1CC(OCCN1CCOCC1)C2. The van der Waals surface area contributed by atoms with Gasteiger partial charge in [0, 0.05) is 31.7 Å². The largest absolute Gasteiger partial charge is 0.379 e. The first kappa shape index (κ1) is 14.8. The van der Waals surface area contributed by atoms with E-state index in [0.717, 1.165) is 51.9 Å². The highest BCUT2D eigenvalue weighted by atomic mass is 16.5. The Morgan fingerprint density at radius 3 is 2.75 bits per heavy atom. The fourth-order valence-corrected chi connectivity index (χ4v) is 4.34. The van der Waals surface area contributed by atoms with Gasteiger partial charge in [0.1, 0.15) is 0 Å². The second-order valence-electron chi connectivity index (χ2n) is 6.96. The van der Waals surface area contributed by atoms with Gasteiger partial charge in [0.15, 0.2) is 0 Å². The van der Waals surface area contributed by atoms with Crippen molar-refractivity contribution in [1.29, 1.82) is 0 Å². The lowest BCUT2D eigenvalue weighted by Crippen LogP contribution is -2.42. The normalized spacial score (nSPS) is 35.9. The summed E-state index contributed by atoms with van der Waals surface area (Å²) in [7, 11) is 0. The number of nitrogens with zero attached hydrogens (tertiary/aromatic N) is 2. The number of hydrogen-bond donors (Lipinski definition) is 0. The summed E-state index contributed by atoms with van der Waals surface area (Å²) >= 11 is 0. The molecule has 116 valence electrons. The van der Waals surface area contributed by atoms with Gasteiger partial charge >= 0.3 is 0 Å². The second kappa shape index (κ2) is 6.30. The highest BCUT2D eigenvalue weighted by Gasteiger charge is 2.50. The molecule has 3 heterocycles. The number of rotatable bonds is 5. The Labute approximate surface area is 123 Å². The zero-order valence-electron chi connectivity index (χ0n) is 13.1. The third kappa shape index (κ3) is 2.89. The molecule has 0 saturated carbocycles. The van der Waals surface area contributed by atoms with Gasteiger partial charge in [0.2, 0.25) is 0 Å². The molecule has 3 saturated heterocycles. The Hall–Kier alpha value is -0.160. The van der Waals surface area contributed by atoms with E-state index in [1.807, 2.05) is 0 Å². The van der Waals surface area contributed by atoms with Crippen molar-refractivity contribution in [3.8, 4) is 0 Å². The molecule has 0 aromatic carbocycles. The summed E-state index contributed by atoms with van der Waals surface area (Å²) in [5, 5.41) is 0. The van der Waals surface area contributed by atoms with E-state index in [-0.39, 0.29) is 0 Å². The molecule has 0 spiro atoms. The molecule has 4 heteroatoms. The zero-order valence-corrected chi connectivity index (χ0v) is 13.1. The predicted octanol–water partition coefficient (Wildman–Crippen LogP) is 1.60. The molecule has 0 radical (unpaired) electrons. The van der Waals surface area contributed by atoms with Crippen LogP contribution in [-0.4, -0.2) is 74.0 Å². The third-order valence-corrected chi connectivity index (χ3v) is 5.61. The molecule has 0 N–H and O–H groups in total. The van der Waals surface area contributed by atoms with E-state index in [1.54, 1.807) is 0 Å². The van der Waals surface area contributed by atoms with Crippen molar-refractivity contribution in [3.63, 3.8) is 0 Å². The molecule has 3 fully saturated rings. The van der Waals surface area contributed by atoms with Gasteiger partial charge in [0.25, 0.3) is 0 Å². The van der Waals surface area contributed by atoms with Crippen LogP contribution in [0, 0.1) is 5.92 Å². The van der Waals surface area contributed by atoms with Crippen molar-refractivity contribution >= 4 is 0 Å². The molecule has 2 unspecified atom stereocenters. The minimum Gasteiger partial charge on any atom is -0.379 e. The van der Waals surface area contributed by atoms with Crippen molar-refractivity contribution in [1.82, 2.24) is 9.80 Å². The minimum absolute atomic E-state index is 0.448. The molecule has 3 rings (SSSR count). The maximum absolute atomic E-state index is 6.19. The summed E-state index contributed by atoms with van der Waals surface area (Å²) < 4.78 is 11.6. The molecule has 0 bridgehead atoms. The molecule has 20 heavy (non-hydrogen) atoms. The second-order valence-corrected chi connectivity index (χ2v) is 6.96. The number of morpholine rings is 1. The number of ether oxygens (including phenoxy) is 2. The van der Waals surface area contributed by atoms with E-state index >= 15 is 0 Å². The van der Waals surface area contributed by atoms with Gasteiger partial charge in [-0.05, 0) is 31.7 Å². The van der Waals surface area contributed by atoms with Gasteiger partial charge < -0.3 is 9.47 Å². The van der Waals surface area contributed by atoms with E-state index < -0.39 is 0 Å². The monoisotopic (exact) mass is 282 g/mol. The van der Waals surface area contributed by atoms with Gasteiger partial charge in [-0.3, -0.25) is 9.80 Å².